The zero-order valence-electron chi connectivity index (χ0n) is 72.9. The Balaban J connectivity index is 0.000000108. The summed E-state index contributed by atoms with van der Waals surface area (Å²) in [6.07, 6.45) is 17.2. The molecule has 1 saturated heterocycles. The molecule has 1 fully saturated rings. The van der Waals surface area contributed by atoms with Gasteiger partial charge in [-0.3, -0.25) is 0 Å². The van der Waals surface area contributed by atoms with E-state index in [1.807, 2.05) is 76.1 Å². The van der Waals surface area contributed by atoms with Gasteiger partial charge in [0.25, 0.3) is 0 Å². The standard InChI is InChI=1S/C21H25N3O2.C20H21N3O2.C20H23N3O2.2C20H22N2O/c1-13-7-14(5-6-20(13)25-3)11-24-12-23-18-8-15-16(9-19(18)24)21(26-4)10-17(15)22-2;1-12-7-13(3-4-19(12)24-2)10-23-11-21-17-8-14-16(9-18(17)23)22-15-5-6-25-20(14)15;1-12-6-13(4-5-20(12)25-3)10-23-11-22-17-7-14-15(8-18(17)23)19(24)9-16(14)21-2;2*1-13-4-6-16-9-18-19(10-17(13)16)22(12-21-18)11-15-5-7-20(23-3)14(2)8-15/h5-9,12,17,21-22H,10-11H2,1-4H3;3-4,7-9,11,15,20,22H,5-6,10H2,1-2H3;4-8,11,16,19,21,24H,9-10H2,1-3H3;2*5,7-10,12-13H,4,6,11H2,1-3H3/t17-,21-;15-,20-;16-,19-;2*13-/m01000/s1. The molecule has 21 nitrogen and oxygen atoms in total. The van der Waals surface area contributed by atoms with E-state index in [0.29, 0.717) is 23.9 Å². The first-order valence-corrected chi connectivity index (χ1v) is 42.8. The predicted octanol–water partition coefficient (Wildman–Crippen LogP) is 19.4. The van der Waals surface area contributed by atoms with Crippen LogP contribution in [-0.4, -0.2) is 122 Å². The third-order valence-electron chi connectivity index (χ3n) is 26.1. The number of nitrogens with zero attached hydrogens (tertiary/aromatic N) is 10. The topological polar surface area (TPSA) is 210 Å². The van der Waals surface area contributed by atoms with E-state index in [0.717, 1.165) is 159 Å². The Morgan fingerprint density at radius 3 is 1.07 bits per heavy atom. The molecule has 4 N–H and O–H groups in total. The first kappa shape index (κ1) is 82.5. The summed E-state index contributed by atoms with van der Waals surface area (Å²) < 4.78 is 49.4. The Bertz CT molecular complexity index is 6220. The minimum Gasteiger partial charge on any atom is -0.496 e. The van der Waals surface area contributed by atoms with E-state index in [1.54, 1.807) is 42.7 Å². The van der Waals surface area contributed by atoms with Crippen molar-refractivity contribution in [3.8, 4) is 28.7 Å². The van der Waals surface area contributed by atoms with Crippen molar-refractivity contribution in [2.45, 2.75) is 174 Å². The number of methoxy groups -OCH3 is 6. The van der Waals surface area contributed by atoms with Gasteiger partial charge >= 0.3 is 0 Å². The van der Waals surface area contributed by atoms with Gasteiger partial charge in [-0.25, -0.2) is 24.9 Å². The van der Waals surface area contributed by atoms with Crippen LogP contribution >= 0.6 is 0 Å². The van der Waals surface area contributed by atoms with Gasteiger partial charge in [-0.15, -0.1) is 0 Å². The lowest BCUT2D eigenvalue weighted by atomic mass is 10.0. The summed E-state index contributed by atoms with van der Waals surface area (Å²) in [5.41, 5.74) is 36.3. The summed E-state index contributed by atoms with van der Waals surface area (Å²) in [4.78, 5) is 23.1. The number of ether oxygens (including phenoxy) is 7. The average Bonchev–Trinajstić information content (AvgIpc) is 1.65. The molecule has 0 saturated carbocycles. The van der Waals surface area contributed by atoms with Crippen molar-refractivity contribution < 1.29 is 38.3 Å². The second kappa shape index (κ2) is 35.3. The van der Waals surface area contributed by atoms with Crippen LogP contribution in [0.4, 0.5) is 5.69 Å². The Morgan fingerprint density at radius 1 is 0.385 bits per heavy atom. The number of aryl methyl sites for hydroxylation is 7. The third-order valence-corrected chi connectivity index (χ3v) is 26.1. The van der Waals surface area contributed by atoms with Crippen LogP contribution in [-0.2, 0) is 55.0 Å². The van der Waals surface area contributed by atoms with Crippen LogP contribution in [0.2, 0.25) is 0 Å². The first-order chi connectivity index (χ1) is 59.3. The number of imidazole rings is 5. The van der Waals surface area contributed by atoms with Crippen LogP contribution in [0, 0.1) is 34.6 Å². The molecule has 0 radical (unpaired) electrons. The van der Waals surface area contributed by atoms with Gasteiger partial charge in [-0.2, -0.15) is 0 Å². The lowest BCUT2D eigenvalue weighted by Crippen LogP contribution is -2.14. The molecule has 0 unspecified atom stereocenters. The van der Waals surface area contributed by atoms with E-state index in [1.165, 1.54) is 120 Å². The molecule has 4 aliphatic carbocycles. The van der Waals surface area contributed by atoms with Gasteiger partial charge in [0.15, 0.2) is 0 Å². The zero-order valence-corrected chi connectivity index (χ0v) is 72.9. The second-order valence-electron chi connectivity index (χ2n) is 33.9. The summed E-state index contributed by atoms with van der Waals surface area (Å²) in [7, 11) is 14.3. The molecule has 21 rings (SSSR count). The van der Waals surface area contributed by atoms with E-state index < -0.39 is 6.10 Å². The molecule has 7 heterocycles. The Morgan fingerprint density at radius 2 is 0.713 bits per heavy atom. The second-order valence-corrected chi connectivity index (χ2v) is 33.9. The highest BCUT2D eigenvalue weighted by atomic mass is 16.5. The van der Waals surface area contributed by atoms with Crippen molar-refractivity contribution in [2.75, 3.05) is 68.7 Å². The quantitative estimate of drug-likeness (QED) is 0.0629. The van der Waals surface area contributed by atoms with Gasteiger partial charge in [0.1, 0.15) is 34.9 Å². The van der Waals surface area contributed by atoms with Crippen LogP contribution in [0.1, 0.15) is 194 Å². The number of fused-ring (bicyclic) bond motifs is 12. The summed E-state index contributed by atoms with van der Waals surface area (Å²) in [5, 5.41) is 20.6. The van der Waals surface area contributed by atoms with E-state index in [9.17, 15) is 5.11 Å². The molecule has 2 aliphatic heterocycles. The Hall–Kier alpha value is -11.9. The van der Waals surface area contributed by atoms with Crippen LogP contribution in [0.15, 0.2) is 183 Å². The maximum atomic E-state index is 10.4. The van der Waals surface area contributed by atoms with Crippen molar-refractivity contribution >= 4 is 60.9 Å². The smallest absolute Gasteiger partial charge is 0.121 e. The highest BCUT2D eigenvalue weighted by Gasteiger charge is 2.38. The SMILES string of the molecule is CN[C@H]1C[C@H](O)c2cc3c(cc21)ncn3Cc1ccc(OC)c(C)c1.CN[C@H]1C[C@H](OC)c2cc3c(cc21)ncn3Cc1ccc(OC)c(C)c1.COc1ccc(Cn2cnc3cc4c(cc32)N[C@@H]2CCO[C@H]42)cc1C.COc1ccc(Cn2cnc3cc4c(cc32)[C@@H](C)CC4)cc1C.COc1ccc(Cn2cnc3cc4c(cc32)[C@@H](C)CC4)cc1C. The van der Waals surface area contributed by atoms with Gasteiger partial charge in [-0.1, -0.05) is 74.5 Å². The third kappa shape index (κ3) is 16.5. The Labute approximate surface area is 714 Å². The lowest BCUT2D eigenvalue weighted by molar-refractivity contribution is 0.0986. The molecule has 5 aromatic heterocycles. The number of benzene rings is 10. The maximum Gasteiger partial charge on any atom is 0.121 e. The molecule has 630 valence electrons. The van der Waals surface area contributed by atoms with Crippen LogP contribution in [0.5, 0.6) is 28.7 Å². The number of rotatable bonds is 18. The fraction of sp³-hybridized carbons (Fsp3) is 0.356. The van der Waals surface area contributed by atoms with Gasteiger partial charge in [0.05, 0.1) is 141 Å². The van der Waals surface area contributed by atoms with Crippen molar-refractivity contribution in [3.63, 3.8) is 0 Å². The highest BCUT2D eigenvalue weighted by molar-refractivity contribution is 5.85. The van der Waals surface area contributed by atoms with E-state index in [-0.39, 0.29) is 18.2 Å². The molecule has 10 aromatic carbocycles. The summed E-state index contributed by atoms with van der Waals surface area (Å²) in [6, 6.07) is 54.9. The Kier molecular flexibility index (Phi) is 23.9. The molecule has 21 heteroatoms. The number of aliphatic hydroxyl groups is 1. The number of hydrogen-bond donors (Lipinski definition) is 4. The predicted molar refractivity (Wildman–Crippen MR) is 485 cm³/mol. The number of anilines is 1. The van der Waals surface area contributed by atoms with Crippen LogP contribution in [0.25, 0.3) is 55.2 Å². The summed E-state index contributed by atoms with van der Waals surface area (Å²) in [5.74, 6) is 5.96. The maximum absolute atomic E-state index is 10.4. The van der Waals surface area contributed by atoms with E-state index in [2.05, 4.69) is 233 Å². The zero-order chi connectivity index (χ0) is 84.7. The molecule has 0 bridgehead atoms. The summed E-state index contributed by atoms with van der Waals surface area (Å²) in [6.45, 7) is 19.9. The fourth-order valence-corrected chi connectivity index (χ4v) is 19.4. The fourth-order valence-electron chi connectivity index (χ4n) is 19.4. The molecule has 8 atom stereocenters. The van der Waals surface area contributed by atoms with Crippen LogP contribution in [0.3, 0.4) is 0 Å². The van der Waals surface area contributed by atoms with Crippen molar-refractivity contribution in [2.24, 2.45) is 0 Å². The molecular formula is C101H113N13O8. The number of aliphatic hydroxyl groups excluding tert-OH is 1. The monoisotopic (exact) mass is 1640 g/mol. The number of hydrogen-bond acceptors (Lipinski definition) is 16. The molecule has 15 aromatic rings. The van der Waals surface area contributed by atoms with E-state index in [4.69, 9.17) is 33.2 Å². The highest BCUT2D eigenvalue weighted by Crippen LogP contribution is 2.46. The van der Waals surface area contributed by atoms with Crippen molar-refractivity contribution in [3.05, 3.63) is 289 Å². The average molecular weight is 1640 g/mol. The molecular weight excluding hydrogens is 1520 g/mol. The van der Waals surface area contributed by atoms with Gasteiger partial charge < -0.3 is 77.1 Å². The minimum absolute atomic E-state index is 0.137. The number of aromatic nitrogens is 10. The lowest BCUT2D eigenvalue weighted by Gasteiger charge is -2.11. The van der Waals surface area contributed by atoms with Gasteiger partial charge in [0.2, 0.25) is 0 Å². The van der Waals surface area contributed by atoms with Gasteiger partial charge in [-0.05, 0) is 297 Å². The molecule has 122 heavy (non-hydrogen) atoms. The molecule has 0 amide bonds. The van der Waals surface area contributed by atoms with Gasteiger partial charge in [0, 0.05) is 69.8 Å². The van der Waals surface area contributed by atoms with Crippen molar-refractivity contribution in [1.82, 2.24) is 58.4 Å². The van der Waals surface area contributed by atoms with Crippen LogP contribution < -0.4 is 39.6 Å². The largest absolute Gasteiger partial charge is 0.496 e. The van der Waals surface area contributed by atoms with Crippen molar-refractivity contribution in [1.29, 1.82) is 0 Å². The molecule has 6 aliphatic rings. The normalized spacial score (nSPS) is 18.7. The summed E-state index contributed by atoms with van der Waals surface area (Å²) >= 11 is 0. The molecule has 0 spiro atoms. The first-order valence-electron chi connectivity index (χ1n) is 42.8. The minimum atomic E-state index is -0.413. The van der Waals surface area contributed by atoms with E-state index >= 15 is 0 Å². The number of nitrogens with one attached hydrogen (secondary N) is 3.